The van der Waals surface area contributed by atoms with E-state index in [4.69, 9.17) is 4.74 Å². The first kappa shape index (κ1) is 14.5. The summed E-state index contributed by atoms with van der Waals surface area (Å²) in [5, 5.41) is 12.2. The first-order valence-electron chi connectivity index (χ1n) is 6.34. The van der Waals surface area contributed by atoms with Crippen molar-refractivity contribution in [2.75, 3.05) is 19.8 Å². The van der Waals surface area contributed by atoms with E-state index in [9.17, 15) is 19.5 Å². The second kappa shape index (κ2) is 6.02. The second-order valence-corrected chi connectivity index (χ2v) is 4.84. The zero-order valence-corrected chi connectivity index (χ0v) is 10.9. The molecule has 0 aliphatic carbocycles. The molecule has 1 aromatic heterocycles. The Morgan fingerprint density at radius 1 is 1.45 bits per heavy atom. The summed E-state index contributed by atoms with van der Waals surface area (Å²) < 4.78 is 6.30. The van der Waals surface area contributed by atoms with Crippen molar-refractivity contribution in [3.8, 4) is 0 Å². The molecule has 1 aliphatic heterocycles. The lowest BCUT2D eigenvalue weighted by Gasteiger charge is -2.36. The van der Waals surface area contributed by atoms with Gasteiger partial charge >= 0.3 is 5.69 Å². The zero-order valence-electron chi connectivity index (χ0n) is 10.9. The first-order chi connectivity index (χ1) is 9.54. The van der Waals surface area contributed by atoms with Crippen molar-refractivity contribution in [1.29, 1.82) is 0 Å². The molecule has 8 heteroatoms. The molecule has 2 heterocycles. The minimum atomic E-state index is -0.693. The van der Waals surface area contributed by atoms with E-state index < -0.39 is 22.7 Å². The lowest BCUT2D eigenvalue weighted by Crippen LogP contribution is -2.55. The third kappa shape index (κ3) is 3.34. The predicted octanol–water partition coefficient (Wildman–Crippen LogP) is -1.81. The van der Waals surface area contributed by atoms with Crippen LogP contribution in [0.5, 0.6) is 0 Å². The molecule has 0 radical (unpaired) electrons. The Hall–Kier alpha value is -1.93. The number of H-pyrrole nitrogens is 1. The third-order valence-electron chi connectivity index (χ3n) is 3.37. The average Bonchev–Trinajstić information content (AvgIpc) is 2.43. The van der Waals surface area contributed by atoms with Gasteiger partial charge in [-0.3, -0.25) is 19.1 Å². The molecule has 0 unspecified atom stereocenters. The van der Waals surface area contributed by atoms with Crippen LogP contribution in [0.2, 0.25) is 0 Å². The molecule has 1 saturated heterocycles. The number of hydrogen-bond donors (Lipinski definition) is 3. The van der Waals surface area contributed by atoms with E-state index in [-0.39, 0.29) is 13.2 Å². The summed E-state index contributed by atoms with van der Waals surface area (Å²) in [6.07, 6.45) is 2.31. The largest absolute Gasteiger partial charge is 0.394 e. The van der Waals surface area contributed by atoms with Crippen molar-refractivity contribution in [1.82, 2.24) is 14.9 Å². The number of aromatic nitrogens is 2. The standard InChI is InChI=1S/C12H17N3O5/c16-8-12(2-5-20-6-3-12)14-10(18)7-15-4-1-9(17)13-11(15)19/h1,4,16H,2-3,5-8H2,(H,14,18)(H,13,17,19). The van der Waals surface area contributed by atoms with E-state index in [1.54, 1.807) is 0 Å². The van der Waals surface area contributed by atoms with Crippen LogP contribution < -0.4 is 16.6 Å². The average molecular weight is 283 g/mol. The summed E-state index contributed by atoms with van der Waals surface area (Å²) in [7, 11) is 0. The lowest BCUT2D eigenvalue weighted by atomic mass is 9.91. The summed E-state index contributed by atoms with van der Waals surface area (Å²) in [4.78, 5) is 36.4. The van der Waals surface area contributed by atoms with Crippen LogP contribution >= 0.6 is 0 Å². The highest BCUT2D eigenvalue weighted by molar-refractivity contribution is 5.76. The maximum Gasteiger partial charge on any atom is 0.328 e. The van der Waals surface area contributed by atoms with E-state index in [1.165, 1.54) is 12.3 Å². The van der Waals surface area contributed by atoms with Gasteiger partial charge in [-0.2, -0.15) is 0 Å². The molecule has 110 valence electrons. The van der Waals surface area contributed by atoms with Crippen LogP contribution in [-0.4, -0.2) is 45.9 Å². The molecule has 20 heavy (non-hydrogen) atoms. The fraction of sp³-hybridized carbons (Fsp3) is 0.583. The van der Waals surface area contributed by atoms with Crippen LogP contribution in [0.1, 0.15) is 12.8 Å². The van der Waals surface area contributed by atoms with Crippen LogP contribution in [0.3, 0.4) is 0 Å². The summed E-state index contributed by atoms with van der Waals surface area (Å²) in [6, 6.07) is 1.17. The molecule has 0 saturated carbocycles. The molecule has 1 fully saturated rings. The molecule has 3 N–H and O–H groups in total. The quantitative estimate of drug-likeness (QED) is 0.603. The van der Waals surface area contributed by atoms with Crippen molar-refractivity contribution in [3.63, 3.8) is 0 Å². The van der Waals surface area contributed by atoms with Crippen molar-refractivity contribution in [3.05, 3.63) is 33.1 Å². The lowest BCUT2D eigenvalue weighted by molar-refractivity contribution is -0.125. The predicted molar refractivity (Wildman–Crippen MR) is 69.3 cm³/mol. The summed E-state index contributed by atoms with van der Waals surface area (Å²) in [5.41, 5.74) is -1.85. The third-order valence-corrected chi connectivity index (χ3v) is 3.37. The molecule has 2 rings (SSSR count). The highest BCUT2D eigenvalue weighted by Crippen LogP contribution is 2.19. The number of ether oxygens (including phenoxy) is 1. The Morgan fingerprint density at radius 2 is 2.15 bits per heavy atom. The van der Waals surface area contributed by atoms with Gasteiger partial charge in [0.15, 0.2) is 0 Å². The van der Waals surface area contributed by atoms with Gasteiger partial charge in [-0.25, -0.2) is 4.79 Å². The normalized spacial score (nSPS) is 17.6. The number of rotatable bonds is 4. The van der Waals surface area contributed by atoms with Gasteiger partial charge < -0.3 is 15.2 Å². The van der Waals surface area contributed by atoms with Gasteiger partial charge in [0.2, 0.25) is 5.91 Å². The number of carbonyl (C=O) groups excluding carboxylic acids is 1. The van der Waals surface area contributed by atoms with Gasteiger partial charge in [-0.15, -0.1) is 0 Å². The Bertz CT molecular complexity index is 585. The van der Waals surface area contributed by atoms with Crippen molar-refractivity contribution in [2.24, 2.45) is 0 Å². The molecule has 1 aliphatic rings. The number of hydrogen-bond acceptors (Lipinski definition) is 5. The van der Waals surface area contributed by atoms with Crippen LogP contribution in [0.25, 0.3) is 0 Å². The van der Waals surface area contributed by atoms with Gasteiger partial charge in [0.05, 0.1) is 12.1 Å². The number of aliphatic hydroxyl groups excluding tert-OH is 1. The van der Waals surface area contributed by atoms with Crippen molar-refractivity contribution >= 4 is 5.91 Å². The molecule has 1 amide bonds. The minimum Gasteiger partial charge on any atom is -0.394 e. The Balaban J connectivity index is 2.04. The zero-order chi connectivity index (χ0) is 14.6. The van der Waals surface area contributed by atoms with Gasteiger partial charge in [-0.1, -0.05) is 0 Å². The van der Waals surface area contributed by atoms with Gasteiger partial charge in [-0.05, 0) is 12.8 Å². The van der Waals surface area contributed by atoms with Crippen LogP contribution in [0, 0.1) is 0 Å². The first-order valence-corrected chi connectivity index (χ1v) is 6.34. The van der Waals surface area contributed by atoms with Crippen LogP contribution in [-0.2, 0) is 16.1 Å². The topological polar surface area (TPSA) is 113 Å². The molecule has 0 atom stereocenters. The summed E-state index contributed by atoms with van der Waals surface area (Å²) in [6.45, 7) is 0.555. The molecule has 0 spiro atoms. The van der Waals surface area contributed by atoms with Gasteiger partial charge in [0.25, 0.3) is 5.56 Å². The SMILES string of the molecule is O=C(Cn1ccc(=O)[nH]c1=O)NC1(CO)CCOCC1. The van der Waals surface area contributed by atoms with Crippen molar-refractivity contribution in [2.45, 2.75) is 24.9 Å². The fourth-order valence-corrected chi connectivity index (χ4v) is 2.14. The van der Waals surface area contributed by atoms with Crippen LogP contribution in [0.15, 0.2) is 21.9 Å². The molecule has 1 aromatic rings. The molecule has 8 nitrogen and oxygen atoms in total. The van der Waals surface area contributed by atoms with Gasteiger partial charge in [0.1, 0.15) is 6.54 Å². The summed E-state index contributed by atoms with van der Waals surface area (Å²) >= 11 is 0. The molecular formula is C12H17N3O5. The Labute approximate surface area is 114 Å². The Morgan fingerprint density at radius 3 is 2.75 bits per heavy atom. The minimum absolute atomic E-state index is 0.178. The van der Waals surface area contributed by atoms with E-state index in [0.29, 0.717) is 26.1 Å². The number of aliphatic hydroxyl groups is 1. The monoisotopic (exact) mass is 283 g/mol. The molecule has 0 aromatic carbocycles. The molecule has 0 bridgehead atoms. The summed E-state index contributed by atoms with van der Waals surface area (Å²) in [5.74, 6) is -0.393. The van der Waals surface area contributed by atoms with Crippen LogP contribution in [0.4, 0.5) is 0 Å². The highest BCUT2D eigenvalue weighted by atomic mass is 16.5. The van der Waals surface area contributed by atoms with E-state index in [2.05, 4.69) is 10.3 Å². The highest BCUT2D eigenvalue weighted by Gasteiger charge is 2.33. The van der Waals surface area contributed by atoms with E-state index >= 15 is 0 Å². The van der Waals surface area contributed by atoms with Gasteiger partial charge in [0, 0.05) is 25.5 Å². The Kier molecular flexibility index (Phi) is 4.35. The number of nitrogens with one attached hydrogen (secondary N) is 2. The fourth-order valence-electron chi connectivity index (χ4n) is 2.14. The maximum absolute atomic E-state index is 12.0. The van der Waals surface area contributed by atoms with Crippen molar-refractivity contribution < 1.29 is 14.6 Å². The second-order valence-electron chi connectivity index (χ2n) is 4.84. The van der Waals surface area contributed by atoms with E-state index in [1.807, 2.05) is 0 Å². The smallest absolute Gasteiger partial charge is 0.328 e. The number of carbonyl (C=O) groups is 1. The number of nitrogens with zero attached hydrogens (tertiary/aromatic N) is 1. The number of aromatic amines is 1. The maximum atomic E-state index is 12.0. The van der Waals surface area contributed by atoms with E-state index in [0.717, 1.165) is 4.57 Å². The molecular weight excluding hydrogens is 266 g/mol. The number of amides is 1.